The van der Waals surface area contributed by atoms with Crippen LogP contribution in [-0.4, -0.2) is 31.2 Å². The summed E-state index contributed by atoms with van der Waals surface area (Å²) in [6, 6.07) is 8.56. The Kier molecular flexibility index (Phi) is 5.43. The van der Waals surface area contributed by atoms with E-state index in [1.807, 2.05) is 36.3 Å². The molecule has 3 rings (SSSR count). The third-order valence-corrected chi connectivity index (χ3v) is 4.99. The molecule has 0 N–H and O–H groups in total. The van der Waals surface area contributed by atoms with Gasteiger partial charge in [-0.05, 0) is 26.3 Å². The summed E-state index contributed by atoms with van der Waals surface area (Å²) in [5.41, 5.74) is 3.42. The molecule has 0 radical (unpaired) electrons. The predicted molar refractivity (Wildman–Crippen MR) is 99.8 cm³/mol. The first-order valence-electron chi connectivity index (χ1n) is 8.40. The van der Waals surface area contributed by atoms with Gasteiger partial charge in [-0.25, -0.2) is 0 Å². The van der Waals surface area contributed by atoms with Gasteiger partial charge in [-0.1, -0.05) is 41.6 Å². The summed E-state index contributed by atoms with van der Waals surface area (Å²) in [4.78, 5) is 0. The Morgan fingerprint density at radius 3 is 2.56 bits per heavy atom. The molecule has 0 aliphatic rings. The molecular weight excluding hydrogens is 334 g/mol. The van der Waals surface area contributed by atoms with Crippen molar-refractivity contribution < 1.29 is 4.74 Å². The monoisotopic (exact) mass is 357 g/mol. The number of hydrogen-bond acceptors (Lipinski definition) is 5. The standard InChI is InChI=1S/C18H23N5OS/c1-5-23-11-15(17(21-23)24-6-2)16-19-20-18(22(16)4)25-12-14-9-7-13(3)8-10-14/h7-11H,5-6,12H2,1-4H3. The zero-order valence-electron chi connectivity index (χ0n) is 15.1. The Balaban J connectivity index is 1.81. The molecule has 0 spiro atoms. The Bertz CT molecular complexity index is 838. The molecule has 0 fully saturated rings. The van der Waals surface area contributed by atoms with E-state index < -0.39 is 0 Å². The molecule has 132 valence electrons. The van der Waals surface area contributed by atoms with Gasteiger partial charge in [0.25, 0.3) is 0 Å². The van der Waals surface area contributed by atoms with Crippen LogP contribution in [0.5, 0.6) is 5.88 Å². The summed E-state index contributed by atoms with van der Waals surface area (Å²) in [5.74, 6) is 2.24. The molecule has 6 nitrogen and oxygen atoms in total. The first kappa shape index (κ1) is 17.5. The van der Waals surface area contributed by atoms with Crippen molar-refractivity contribution in [1.82, 2.24) is 24.5 Å². The Morgan fingerprint density at radius 1 is 1.12 bits per heavy atom. The average Bonchev–Trinajstić information content (AvgIpc) is 3.18. The molecule has 7 heteroatoms. The van der Waals surface area contributed by atoms with Gasteiger partial charge in [0.15, 0.2) is 11.0 Å². The normalized spacial score (nSPS) is 11.0. The van der Waals surface area contributed by atoms with Gasteiger partial charge >= 0.3 is 0 Å². The Morgan fingerprint density at radius 2 is 1.88 bits per heavy atom. The number of aromatic nitrogens is 5. The molecule has 0 saturated heterocycles. The molecule has 1 aromatic carbocycles. The predicted octanol–water partition coefficient (Wildman–Crippen LogP) is 3.70. The van der Waals surface area contributed by atoms with Gasteiger partial charge in [-0.2, -0.15) is 0 Å². The maximum atomic E-state index is 5.66. The minimum absolute atomic E-state index is 0.570. The van der Waals surface area contributed by atoms with Crippen molar-refractivity contribution in [2.75, 3.05) is 6.61 Å². The van der Waals surface area contributed by atoms with Gasteiger partial charge in [0.2, 0.25) is 5.88 Å². The molecule has 0 unspecified atom stereocenters. The van der Waals surface area contributed by atoms with Crippen molar-refractivity contribution in [3.63, 3.8) is 0 Å². The summed E-state index contributed by atoms with van der Waals surface area (Å²) in [6.07, 6.45) is 1.96. The molecule has 3 aromatic rings. The van der Waals surface area contributed by atoms with Crippen molar-refractivity contribution in [1.29, 1.82) is 0 Å². The van der Waals surface area contributed by atoms with Crippen LogP contribution in [0.15, 0.2) is 35.6 Å². The minimum atomic E-state index is 0.570. The van der Waals surface area contributed by atoms with E-state index in [1.165, 1.54) is 11.1 Å². The number of nitrogens with zero attached hydrogens (tertiary/aromatic N) is 5. The van der Waals surface area contributed by atoms with Crippen LogP contribution in [0.2, 0.25) is 0 Å². The number of ether oxygens (including phenoxy) is 1. The van der Waals surface area contributed by atoms with E-state index >= 15 is 0 Å². The van der Waals surface area contributed by atoms with E-state index in [-0.39, 0.29) is 0 Å². The number of hydrogen-bond donors (Lipinski definition) is 0. The van der Waals surface area contributed by atoms with Crippen LogP contribution < -0.4 is 4.74 Å². The second-order valence-electron chi connectivity index (χ2n) is 5.78. The highest BCUT2D eigenvalue weighted by Crippen LogP contribution is 2.30. The maximum Gasteiger partial charge on any atom is 0.243 e. The fourth-order valence-electron chi connectivity index (χ4n) is 2.47. The van der Waals surface area contributed by atoms with E-state index in [9.17, 15) is 0 Å². The van der Waals surface area contributed by atoms with Crippen LogP contribution in [0.1, 0.15) is 25.0 Å². The number of benzene rings is 1. The van der Waals surface area contributed by atoms with Gasteiger partial charge in [0.05, 0.1) is 6.61 Å². The second-order valence-corrected chi connectivity index (χ2v) is 6.72. The second kappa shape index (κ2) is 7.74. The Hall–Kier alpha value is -2.28. The van der Waals surface area contributed by atoms with Gasteiger partial charge in [0, 0.05) is 25.5 Å². The quantitative estimate of drug-likeness (QED) is 0.604. The molecule has 0 atom stereocenters. The van der Waals surface area contributed by atoms with Gasteiger partial charge < -0.3 is 9.30 Å². The topological polar surface area (TPSA) is 57.8 Å². The lowest BCUT2D eigenvalue weighted by Crippen LogP contribution is -1.98. The van der Waals surface area contributed by atoms with Gasteiger partial charge in [-0.15, -0.1) is 15.3 Å². The van der Waals surface area contributed by atoms with Crippen LogP contribution in [0.3, 0.4) is 0 Å². The van der Waals surface area contributed by atoms with E-state index in [0.29, 0.717) is 12.5 Å². The summed E-state index contributed by atoms with van der Waals surface area (Å²) < 4.78 is 9.51. The highest BCUT2D eigenvalue weighted by Gasteiger charge is 2.19. The first-order valence-corrected chi connectivity index (χ1v) is 9.39. The third kappa shape index (κ3) is 3.87. The highest BCUT2D eigenvalue weighted by atomic mass is 32.2. The lowest BCUT2D eigenvalue weighted by atomic mass is 10.2. The van der Waals surface area contributed by atoms with E-state index in [1.54, 1.807) is 11.8 Å². The first-order chi connectivity index (χ1) is 12.1. The van der Waals surface area contributed by atoms with Gasteiger partial charge in [-0.3, -0.25) is 4.68 Å². The fourth-order valence-corrected chi connectivity index (χ4v) is 3.34. The zero-order valence-corrected chi connectivity index (χ0v) is 15.9. The number of thioether (sulfide) groups is 1. The fraction of sp³-hybridized carbons (Fsp3) is 0.389. The molecule has 0 aliphatic heterocycles. The van der Waals surface area contributed by atoms with Crippen LogP contribution in [0.25, 0.3) is 11.4 Å². The molecule has 0 amide bonds. The molecular formula is C18H23N5OS. The summed E-state index contributed by atoms with van der Waals surface area (Å²) in [7, 11) is 1.98. The summed E-state index contributed by atoms with van der Waals surface area (Å²) in [5, 5.41) is 14.0. The third-order valence-electron chi connectivity index (χ3n) is 3.90. The van der Waals surface area contributed by atoms with Crippen LogP contribution in [-0.2, 0) is 19.3 Å². The molecule has 25 heavy (non-hydrogen) atoms. The van der Waals surface area contributed by atoms with Crippen LogP contribution in [0, 0.1) is 6.92 Å². The van der Waals surface area contributed by atoms with Crippen LogP contribution >= 0.6 is 11.8 Å². The van der Waals surface area contributed by atoms with Crippen molar-refractivity contribution in [2.45, 2.75) is 38.2 Å². The SMILES string of the molecule is CCOc1nn(CC)cc1-c1nnc(SCc2ccc(C)cc2)n1C. The average molecular weight is 357 g/mol. The molecule has 2 heterocycles. The highest BCUT2D eigenvalue weighted by molar-refractivity contribution is 7.98. The van der Waals surface area contributed by atoms with Crippen molar-refractivity contribution in [3.05, 3.63) is 41.6 Å². The molecule has 0 saturated carbocycles. The molecule has 2 aromatic heterocycles. The minimum Gasteiger partial charge on any atom is -0.476 e. The van der Waals surface area contributed by atoms with E-state index in [0.717, 1.165) is 28.8 Å². The Labute approximate surface area is 152 Å². The van der Waals surface area contributed by atoms with Crippen molar-refractivity contribution >= 4 is 11.8 Å². The molecule has 0 aliphatic carbocycles. The lowest BCUT2D eigenvalue weighted by molar-refractivity contribution is 0.322. The molecule has 0 bridgehead atoms. The lowest BCUT2D eigenvalue weighted by Gasteiger charge is -2.05. The maximum absolute atomic E-state index is 5.66. The van der Waals surface area contributed by atoms with Crippen molar-refractivity contribution in [2.24, 2.45) is 7.05 Å². The zero-order chi connectivity index (χ0) is 17.8. The van der Waals surface area contributed by atoms with Crippen molar-refractivity contribution in [3.8, 4) is 17.3 Å². The largest absolute Gasteiger partial charge is 0.476 e. The van der Waals surface area contributed by atoms with E-state index in [4.69, 9.17) is 4.74 Å². The number of rotatable bonds is 7. The van der Waals surface area contributed by atoms with Crippen LogP contribution in [0.4, 0.5) is 0 Å². The summed E-state index contributed by atoms with van der Waals surface area (Å²) in [6.45, 7) is 7.45. The number of aryl methyl sites for hydroxylation is 2. The van der Waals surface area contributed by atoms with Gasteiger partial charge in [0.1, 0.15) is 5.56 Å². The summed E-state index contributed by atoms with van der Waals surface area (Å²) >= 11 is 1.67. The van der Waals surface area contributed by atoms with E-state index in [2.05, 4.69) is 46.5 Å². The smallest absolute Gasteiger partial charge is 0.243 e.